The lowest BCUT2D eigenvalue weighted by molar-refractivity contribution is 0.458. The molecule has 1 aromatic heterocycles. The van der Waals surface area contributed by atoms with Gasteiger partial charge in [0.15, 0.2) is 0 Å². The monoisotopic (exact) mass is 390 g/mol. The minimum atomic E-state index is -0.858. The first-order valence-electron chi connectivity index (χ1n) is 9.04. The van der Waals surface area contributed by atoms with Crippen LogP contribution >= 0.6 is 15.9 Å². The van der Waals surface area contributed by atoms with Crippen LogP contribution in [0.25, 0.3) is 0 Å². The SMILES string of the molecule is [2H]c1c(Br)nn(C(c2ccccc2)(c2ccccc2)c2ccccc2)c1[2H]. The molecule has 0 N–H and O–H groups in total. The van der Waals surface area contributed by atoms with E-state index in [9.17, 15) is 0 Å². The van der Waals surface area contributed by atoms with Gasteiger partial charge in [0.25, 0.3) is 0 Å². The molecule has 1 heterocycles. The van der Waals surface area contributed by atoms with Gasteiger partial charge in [-0.25, -0.2) is 0 Å². The van der Waals surface area contributed by atoms with Crippen LogP contribution in [-0.4, -0.2) is 9.78 Å². The van der Waals surface area contributed by atoms with Crippen LogP contribution in [0.3, 0.4) is 0 Å². The van der Waals surface area contributed by atoms with Crippen LogP contribution in [0.5, 0.6) is 0 Å². The molecule has 0 bridgehead atoms. The predicted molar refractivity (Wildman–Crippen MR) is 105 cm³/mol. The summed E-state index contributed by atoms with van der Waals surface area (Å²) >= 11 is 3.34. The summed E-state index contributed by atoms with van der Waals surface area (Å²) in [7, 11) is 0. The van der Waals surface area contributed by atoms with Crippen LogP contribution in [-0.2, 0) is 5.54 Å². The van der Waals surface area contributed by atoms with E-state index in [1.54, 1.807) is 4.68 Å². The molecule has 0 saturated heterocycles. The molecule has 4 rings (SSSR count). The Kier molecular flexibility index (Phi) is 3.65. The standard InChI is InChI=1S/C22H17BrN2/c23-21-16-17-25(24-21)22(18-10-4-1-5-11-18,19-12-6-2-7-13-19)20-14-8-3-9-15-20/h1-17H/i16D,17D. The predicted octanol–water partition coefficient (Wildman–Crippen LogP) is 5.49. The van der Waals surface area contributed by atoms with Crippen LogP contribution in [0, 0.1) is 0 Å². The minimum absolute atomic E-state index is 0.0541. The molecule has 0 saturated carbocycles. The van der Waals surface area contributed by atoms with Crippen LogP contribution in [0.4, 0.5) is 0 Å². The molecule has 0 aliphatic heterocycles. The van der Waals surface area contributed by atoms with Gasteiger partial charge in [-0.05, 0) is 38.7 Å². The van der Waals surface area contributed by atoms with Gasteiger partial charge in [0, 0.05) is 6.17 Å². The van der Waals surface area contributed by atoms with Crippen molar-refractivity contribution < 1.29 is 2.74 Å². The van der Waals surface area contributed by atoms with Gasteiger partial charge in [-0.1, -0.05) is 91.0 Å². The van der Waals surface area contributed by atoms with Crippen molar-refractivity contribution >= 4 is 15.9 Å². The molecule has 3 aromatic carbocycles. The summed E-state index contributed by atoms with van der Waals surface area (Å²) in [5, 5.41) is 4.57. The number of nitrogens with zero attached hydrogens (tertiary/aromatic N) is 2. The van der Waals surface area contributed by atoms with Crippen molar-refractivity contribution in [1.82, 2.24) is 9.78 Å². The lowest BCUT2D eigenvalue weighted by atomic mass is 9.77. The zero-order chi connectivity index (χ0) is 18.9. The quantitative estimate of drug-likeness (QED) is 0.421. The molecule has 4 aromatic rings. The first-order valence-corrected chi connectivity index (χ1v) is 8.83. The molecule has 3 heteroatoms. The van der Waals surface area contributed by atoms with E-state index in [1.165, 1.54) is 0 Å². The van der Waals surface area contributed by atoms with E-state index >= 15 is 0 Å². The van der Waals surface area contributed by atoms with Gasteiger partial charge in [0.2, 0.25) is 0 Å². The molecule has 0 spiro atoms. The lowest BCUT2D eigenvalue weighted by Gasteiger charge is -2.36. The number of halogens is 1. The van der Waals surface area contributed by atoms with Gasteiger partial charge >= 0.3 is 0 Å². The molecule has 0 aliphatic carbocycles. The Bertz CT molecular complexity index is 951. The summed E-state index contributed by atoms with van der Waals surface area (Å²) in [5.74, 6) is 0. The van der Waals surface area contributed by atoms with Gasteiger partial charge < -0.3 is 0 Å². The van der Waals surface area contributed by atoms with Crippen molar-refractivity contribution in [3.05, 3.63) is 125 Å². The first kappa shape index (κ1) is 13.6. The van der Waals surface area contributed by atoms with E-state index in [0.717, 1.165) is 16.7 Å². The highest BCUT2D eigenvalue weighted by Gasteiger charge is 2.39. The van der Waals surface area contributed by atoms with Crippen LogP contribution in [0.2, 0.25) is 0 Å². The third kappa shape index (κ3) is 2.71. The second-order valence-corrected chi connectivity index (χ2v) is 6.50. The molecule has 0 radical (unpaired) electrons. The van der Waals surface area contributed by atoms with E-state index in [-0.39, 0.29) is 12.2 Å². The van der Waals surface area contributed by atoms with Gasteiger partial charge in [-0.3, -0.25) is 4.68 Å². The highest BCUT2D eigenvalue weighted by atomic mass is 79.9. The fraction of sp³-hybridized carbons (Fsp3) is 0.0455. The molecule has 0 fully saturated rings. The van der Waals surface area contributed by atoms with Gasteiger partial charge in [0.05, 0.1) is 2.74 Å². The Morgan fingerprint density at radius 2 is 1.12 bits per heavy atom. The average Bonchev–Trinajstić information content (AvgIpc) is 2.99. The maximum Gasteiger partial charge on any atom is 0.138 e. The lowest BCUT2D eigenvalue weighted by Crippen LogP contribution is -2.38. The van der Waals surface area contributed by atoms with E-state index in [4.69, 9.17) is 2.74 Å². The smallest absolute Gasteiger partial charge is 0.138 e. The van der Waals surface area contributed by atoms with Gasteiger partial charge in [0.1, 0.15) is 10.1 Å². The third-order valence-electron chi connectivity index (χ3n) is 4.35. The fourth-order valence-corrected chi connectivity index (χ4v) is 3.55. The fourth-order valence-electron chi connectivity index (χ4n) is 3.30. The first-order chi connectivity index (χ1) is 13.2. The van der Waals surface area contributed by atoms with Crippen molar-refractivity contribution in [2.75, 3.05) is 0 Å². The Morgan fingerprint density at radius 1 is 0.720 bits per heavy atom. The van der Waals surface area contributed by atoms with Crippen molar-refractivity contribution in [2.24, 2.45) is 0 Å². The molecule has 0 atom stereocenters. The molecule has 2 nitrogen and oxygen atoms in total. The molecular formula is C22H17BrN2. The molecule has 0 unspecified atom stereocenters. The van der Waals surface area contributed by atoms with Crippen molar-refractivity contribution in [2.45, 2.75) is 5.54 Å². The highest BCUT2D eigenvalue weighted by molar-refractivity contribution is 9.10. The maximum absolute atomic E-state index is 8.60. The van der Waals surface area contributed by atoms with Crippen molar-refractivity contribution in [1.29, 1.82) is 0 Å². The number of benzene rings is 3. The average molecular weight is 391 g/mol. The third-order valence-corrected chi connectivity index (χ3v) is 4.70. The minimum Gasteiger partial charge on any atom is -0.252 e. The number of aromatic nitrogens is 2. The summed E-state index contributed by atoms with van der Waals surface area (Å²) < 4.78 is 18.8. The number of rotatable bonds is 4. The number of hydrogen-bond donors (Lipinski definition) is 0. The van der Waals surface area contributed by atoms with Crippen LogP contribution in [0.15, 0.2) is 108 Å². The van der Waals surface area contributed by atoms with Crippen LogP contribution in [0.1, 0.15) is 19.4 Å². The van der Waals surface area contributed by atoms with Gasteiger partial charge in [-0.2, -0.15) is 5.10 Å². The molecular weight excluding hydrogens is 372 g/mol. The van der Waals surface area contributed by atoms with Gasteiger partial charge in [-0.15, -0.1) is 0 Å². The molecule has 122 valence electrons. The Balaban J connectivity index is 2.18. The normalized spacial score (nSPS) is 12.5. The molecule has 0 amide bonds. The second kappa shape index (κ2) is 6.69. The van der Waals surface area contributed by atoms with Crippen molar-refractivity contribution in [3.63, 3.8) is 0 Å². The zero-order valence-electron chi connectivity index (χ0n) is 15.4. The van der Waals surface area contributed by atoms with E-state index in [1.807, 2.05) is 91.0 Å². The summed E-state index contributed by atoms with van der Waals surface area (Å²) in [6.07, 6.45) is 0.0541. The van der Waals surface area contributed by atoms with E-state index in [0.29, 0.717) is 4.60 Å². The van der Waals surface area contributed by atoms with E-state index in [2.05, 4.69) is 21.0 Å². The largest absolute Gasteiger partial charge is 0.252 e. The Hall–Kier alpha value is -2.65. The second-order valence-electron chi connectivity index (χ2n) is 5.75. The zero-order valence-corrected chi connectivity index (χ0v) is 15.0. The highest BCUT2D eigenvalue weighted by Crippen LogP contribution is 2.40. The topological polar surface area (TPSA) is 17.8 Å². The summed E-state index contributed by atoms with van der Waals surface area (Å²) in [4.78, 5) is 0. The molecule has 25 heavy (non-hydrogen) atoms. The molecule has 0 aliphatic rings. The Morgan fingerprint density at radius 3 is 1.44 bits per heavy atom. The Labute approximate surface area is 158 Å². The van der Waals surface area contributed by atoms with Crippen LogP contribution < -0.4 is 0 Å². The van der Waals surface area contributed by atoms with E-state index < -0.39 is 5.54 Å². The van der Waals surface area contributed by atoms with Crippen molar-refractivity contribution in [3.8, 4) is 0 Å². The summed E-state index contributed by atoms with van der Waals surface area (Å²) in [6.45, 7) is 0. The maximum atomic E-state index is 8.60. The number of hydrogen-bond acceptors (Lipinski definition) is 1. The summed E-state index contributed by atoms with van der Waals surface area (Å²) in [5.41, 5.74) is 2.07. The summed E-state index contributed by atoms with van der Waals surface area (Å²) in [6, 6.07) is 30.1.